The Morgan fingerprint density at radius 2 is 1.75 bits per heavy atom. The highest BCUT2D eigenvalue weighted by molar-refractivity contribution is 6.36. The van der Waals surface area contributed by atoms with Crippen LogP contribution in [0.4, 0.5) is 0 Å². The number of carboxylic acids is 1. The van der Waals surface area contributed by atoms with Crippen LogP contribution >= 0.6 is 23.2 Å². The summed E-state index contributed by atoms with van der Waals surface area (Å²) in [4.78, 5) is 26.8. The van der Waals surface area contributed by atoms with Crippen LogP contribution in [0.2, 0.25) is 10.0 Å². The number of hydrogen-bond acceptors (Lipinski definition) is 8. The Morgan fingerprint density at radius 1 is 0.945 bits per heavy atom. The third-order valence-electron chi connectivity index (χ3n) is 9.51. The number of ether oxygens (including phenoxy) is 1. The number of carboxylic acid groups (broad SMARTS) is 1. The minimum absolute atomic E-state index is 0.119. The van der Waals surface area contributed by atoms with Gasteiger partial charge in [0.15, 0.2) is 0 Å². The molecule has 1 aliphatic heterocycles. The fourth-order valence-corrected chi connectivity index (χ4v) is 7.32. The van der Waals surface area contributed by atoms with E-state index in [0.29, 0.717) is 52.0 Å². The number of aliphatic carboxylic acids is 1. The minimum Gasteiger partial charge on any atom is -0.489 e. The molecule has 3 heterocycles. The van der Waals surface area contributed by atoms with E-state index in [1.807, 2.05) is 53.3 Å². The number of halogens is 2. The number of carbonyl (C=O) groups excluding carboxylic acids is 1. The van der Waals surface area contributed by atoms with Crippen molar-refractivity contribution in [3.63, 3.8) is 0 Å². The van der Waals surface area contributed by atoms with Gasteiger partial charge in [-0.3, -0.25) is 19.3 Å². The Balaban J connectivity index is 1.11. The van der Waals surface area contributed by atoms with Crippen LogP contribution in [0.15, 0.2) is 97.5 Å². The topological polar surface area (TPSA) is 154 Å². The number of benzene rings is 4. The molecule has 1 unspecified atom stereocenters. The summed E-state index contributed by atoms with van der Waals surface area (Å²) in [6.07, 6.45) is 6.40. The third kappa shape index (κ3) is 8.96. The van der Waals surface area contributed by atoms with E-state index in [1.165, 1.54) is 6.20 Å². The molecular weight excluding hydrogens is 737 g/mol. The Hall–Kier alpha value is -5.77. The highest BCUT2D eigenvalue weighted by Crippen LogP contribution is 2.39. The second-order valence-electron chi connectivity index (χ2n) is 13.4. The van der Waals surface area contributed by atoms with Gasteiger partial charge in [-0.15, -0.1) is 0 Å². The zero-order valence-corrected chi connectivity index (χ0v) is 31.2. The van der Waals surface area contributed by atoms with Gasteiger partial charge in [0.2, 0.25) is 5.91 Å². The highest BCUT2D eigenvalue weighted by Gasteiger charge is 2.20. The maximum atomic E-state index is 11.5. The summed E-state index contributed by atoms with van der Waals surface area (Å²) in [7, 11) is 0. The second-order valence-corrected chi connectivity index (χ2v) is 14.2. The molecule has 278 valence electrons. The number of rotatable bonds is 15. The molecule has 1 atom stereocenters. The van der Waals surface area contributed by atoms with Gasteiger partial charge < -0.3 is 25.8 Å². The summed E-state index contributed by atoms with van der Waals surface area (Å²) in [5.74, 6) is -0.341. The molecule has 55 heavy (non-hydrogen) atoms. The quantitative estimate of drug-likeness (QED) is 0.0855. The van der Waals surface area contributed by atoms with Crippen molar-refractivity contribution in [2.24, 2.45) is 0 Å². The maximum absolute atomic E-state index is 11.5. The number of amides is 1. The van der Waals surface area contributed by atoms with Gasteiger partial charge >= 0.3 is 5.97 Å². The molecule has 6 aromatic rings. The molecule has 4 aromatic carbocycles. The first-order valence-electron chi connectivity index (χ1n) is 17.8. The van der Waals surface area contributed by atoms with Crippen molar-refractivity contribution in [3.8, 4) is 34.1 Å². The molecule has 1 fully saturated rings. The SMILES string of the molecule is N#Cc1cncc(COc2cc(Cn3ncc4c(-c5cccc(-c6ccc(CNCC7CCC(=O)N7)cc6)c5Cl)cccc43)c(Cl)cc2CNCC(=O)O)c1. The van der Waals surface area contributed by atoms with Gasteiger partial charge in [-0.25, -0.2) is 0 Å². The molecule has 0 aliphatic carbocycles. The average Bonchev–Trinajstić information content (AvgIpc) is 3.81. The molecule has 11 nitrogen and oxygen atoms in total. The van der Waals surface area contributed by atoms with Crippen LogP contribution in [0.1, 0.15) is 40.7 Å². The van der Waals surface area contributed by atoms with E-state index in [0.717, 1.165) is 57.2 Å². The van der Waals surface area contributed by atoms with Gasteiger partial charge in [0.05, 0.1) is 35.4 Å². The lowest BCUT2D eigenvalue weighted by Crippen LogP contribution is -2.35. The van der Waals surface area contributed by atoms with Crippen LogP contribution in [0, 0.1) is 11.3 Å². The van der Waals surface area contributed by atoms with E-state index in [-0.39, 0.29) is 31.6 Å². The smallest absolute Gasteiger partial charge is 0.317 e. The molecule has 0 radical (unpaired) electrons. The van der Waals surface area contributed by atoms with E-state index in [1.54, 1.807) is 18.3 Å². The van der Waals surface area contributed by atoms with Gasteiger partial charge in [-0.2, -0.15) is 10.4 Å². The number of aromatic nitrogens is 3. The van der Waals surface area contributed by atoms with E-state index in [2.05, 4.69) is 51.3 Å². The van der Waals surface area contributed by atoms with E-state index in [4.69, 9.17) is 38.1 Å². The van der Waals surface area contributed by atoms with Gasteiger partial charge in [-0.1, -0.05) is 77.8 Å². The maximum Gasteiger partial charge on any atom is 0.317 e. The molecule has 0 spiro atoms. The number of pyridine rings is 1. The van der Waals surface area contributed by atoms with Crippen molar-refractivity contribution >= 4 is 46.0 Å². The van der Waals surface area contributed by atoms with E-state index < -0.39 is 5.97 Å². The van der Waals surface area contributed by atoms with Crippen molar-refractivity contribution in [2.75, 3.05) is 13.1 Å². The van der Waals surface area contributed by atoms with Crippen molar-refractivity contribution < 1.29 is 19.4 Å². The Labute approximate surface area is 327 Å². The third-order valence-corrected chi connectivity index (χ3v) is 10.3. The van der Waals surface area contributed by atoms with Crippen LogP contribution in [-0.2, 0) is 35.8 Å². The Kier molecular flexibility index (Phi) is 11.7. The molecule has 1 aliphatic rings. The summed E-state index contributed by atoms with van der Waals surface area (Å²) < 4.78 is 8.08. The lowest BCUT2D eigenvalue weighted by Gasteiger charge is -2.16. The van der Waals surface area contributed by atoms with Crippen LogP contribution in [0.3, 0.4) is 0 Å². The van der Waals surface area contributed by atoms with Crippen molar-refractivity contribution in [1.29, 1.82) is 5.26 Å². The van der Waals surface area contributed by atoms with Gasteiger partial charge in [-0.05, 0) is 52.9 Å². The predicted molar refractivity (Wildman–Crippen MR) is 212 cm³/mol. The van der Waals surface area contributed by atoms with Gasteiger partial charge in [0, 0.05) is 77.2 Å². The van der Waals surface area contributed by atoms with Crippen molar-refractivity contribution in [1.82, 2.24) is 30.7 Å². The predicted octanol–water partition coefficient (Wildman–Crippen LogP) is 7.11. The number of nitrogens with zero attached hydrogens (tertiary/aromatic N) is 4. The summed E-state index contributed by atoms with van der Waals surface area (Å²) in [6, 6.07) is 28.0. The Morgan fingerprint density at radius 3 is 2.53 bits per heavy atom. The van der Waals surface area contributed by atoms with Crippen molar-refractivity contribution in [2.45, 2.75) is 45.1 Å². The van der Waals surface area contributed by atoms with Gasteiger partial charge in [0.25, 0.3) is 0 Å². The number of fused-ring (bicyclic) bond motifs is 1. The molecular formula is C42H37Cl2N7O4. The van der Waals surface area contributed by atoms with Crippen LogP contribution in [0.25, 0.3) is 33.2 Å². The number of hydrogen-bond donors (Lipinski definition) is 4. The molecule has 13 heteroatoms. The standard InChI is InChI=1S/C42H37Cl2N7O4/c43-37-14-30(20-48-23-41(53)54)39(55-25-28-13-27(16-45)18-46-19-28)15-31(37)24-51-38-6-2-4-34(36(38)22-49-51)35-5-1-3-33(42(35)44)29-9-7-26(8-10-29)17-47-21-32-11-12-40(52)50-32/h1-10,13-15,18-19,22,32,47-48H,11-12,17,20-21,23-25H2,(H,50,52)(H,53,54). The number of nitriles is 1. The molecule has 1 amide bonds. The first kappa shape index (κ1) is 37.5. The van der Waals surface area contributed by atoms with Crippen molar-refractivity contribution in [3.05, 3.63) is 135 Å². The molecule has 0 bridgehead atoms. The first-order valence-corrected chi connectivity index (χ1v) is 18.5. The first-order chi connectivity index (χ1) is 26.7. The zero-order valence-electron chi connectivity index (χ0n) is 29.7. The molecule has 1 saturated heterocycles. The largest absolute Gasteiger partial charge is 0.489 e. The van der Waals surface area contributed by atoms with E-state index >= 15 is 0 Å². The summed E-state index contributed by atoms with van der Waals surface area (Å²) in [5.41, 5.74) is 8.35. The molecule has 2 aromatic heterocycles. The summed E-state index contributed by atoms with van der Waals surface area (Å²) in [6.45, 7) is 1.92. The number of carbonyl (C=O) groups is 2. The summed E-state index contributed by atoms with van der Waals surface area (Å²) >= 11 is 14.0. The average molecular weight is 775 g/mol. The highest BCUT2D eigenvalue weighted by atomic mass is 35.5. The fourth-order valence-electron chi connectivity index (χ4n) is 6.74. The lowest BCUT2D eigenvalue weighted by atomic mass is 9.96. The van der Waals surface area contributed by atoms with E-state index in [9.17, 15) is 14.9 Å². The molecule has 0 saturated carbocycles. The minimum atomic E-state index is -0.978. The Bertz CT molecular complexity index is 2410. The summed E-state index contributed by atoms with van der Waals surface area (Å²) in [5, 5.41) is 34.6. The fraction of sp³-hybridized carbons (Fsp3) is 0.214. The second kappa shape index (κ2) is 17.1. The monoisotopic (exact) mass is 773 g/mol. The number of nitrogens with one attached hydrogen (secondary N) is 3. The van der Waals surface area contributed by atoms with Crippen LogP contribution < -0.4 is 20.7 Å². The lowest BCUT2D eigenvalue weighted by molar-refractivity contribution is -0.136. The normalized spacial score (nSPS) is 13.8. The molecule has 7 rings (SSSR count). The van der Waals surface area contributed by atoms with Gasteiger partial charge in [0.1, 0.15) is 18.4 Å². The zero-order chi connectivity index (χ0) is 38.3. The molecule has 4 N–H and O–H groups in total. The van der Waals surface area contributed by atoms with Crippen LogP contribution in [0.5, 0.6) is 5.75 Å². The van der Waals surface area contributed by atoms with Crippen LogP contribution in [-0.4, -0.2) is 50.9 Å².